The lowest BCUT2D eigenvalue weighted by atomic mass is 10.0. The summed E-state index contributed by atoms with van der Waals surface area (Å²) < 4.78 is 0. The molecule has 1 aliphatic carbocycles. The van der Waals surface area contributed by atoms with E-state index in [4.69, 9.17) is 0 Å². The van der Waals surface area contributed by atoms with E-state index in [1.807, 2.05) is 6.08 Å². The Kier molecular flexibility index (Phi) is 1.79. The zero-order chi connectivity index (χ0) is 7.84. The summed E-state index contributed by atoms with van der Waals surface area (Å²) in [6, 6.07) is 0. The van der Waals surface area contributed by atoms with Crippen LogP contribution in [0.4, 0.5) is 0 Å². The van der Waals surface area contributed by atoms with E-state index in [-0.39, 0.29) is 0 Å². The third-order valence-corrected chi connectivity index (χ3v) is 3.14. The second-order valence-electron chi connectivity index (χ2n) is 2.76. The lowest BCUT2D eigenvalue weighted by Crippen LogP contribution is -2.17. The molecule has 0 aromatic heterocycles. The molecular formula is C8H10O2S. The molecule has 2 rings (SSSR count). The van der Waals surface area contributed by atoms with Crippen LogP contribution in [0.2, 0.25) is 0 Å². The first-order valence-corrected chi connectivity index (χ1v) is 4.60. The highest BCUT2D eigenvalue weighted by Crippen LogP contribution is 2.42. The van der Waals surface area contributed by atoms with Crippen molar-refractivity contribution in [3.63, 3.8) is 0 Å². The van der Waals surface area contributed by atoms with Crippen molar-refractivity contribution in [3.05, 3.63) is 22.6 Å². The Balaban J connectivity index is 2.31. The molecule has 0 aromatic rings. The Morgan fingerprint density at radius 2 is 2.00 bits per heavy atom. The van der Waals surface area contributed by atoms with Crippen molar-refractivity contribution < 1.29 is 10.2 Å². The van der Waals surface area contributed by atoms with Gasteiger partial charge < -0.3 is 10.2 Å². The minimum Gasteiger partial charge on any atom is -0.385 e. The fraction of sp³-hybridized carbons (Fsp3) is 0.500. The SMILES string of the molecule is OC1SC2=CCCC=C2C1O. The van der Waals surface area contributed by atoms with Crippen LogP contribution in [0, 0.1) is 0 Å². The van der Waals surface area contributed by atoms with Crippen LogP contribution in [0.1, 0.15) is 12.8 Å². The highest BCUT2D eigenvalue weighted by molar-refractivity contribution is 8.04. The predicted octanol–water partition coefficient (Wildman–Crippen LogP) is 1.02. The van der Waals surface area contributed by atoms with Gasteiger partial charge in [-0.2, -0.15) is 0 Å². The van der Waals surface area contributed by atoms with Gasteiger partial charge in [0, 0.05) is 4.91 Å². The van der Waals surface area contributed by atoms with Crippen LogP contribution in [0.15, 0.2) is 22.6 Å². The normalized spacial score (nSPS) is 36.2. The van der Waals surface area contributed by atoms with Crippen molar-refractivity contribution in [2.45, 2.75) is 24.4 Å². The average Bonchev–Trinajstić information content (AvgIpc) is 2.30. The molecule has 2 N–H and O–H groups in total. The molecule has 2 aliphatic rings. The number of fused-ring (bicyclic) bond motifs is 1. The number of allylic oxidation sites excluding steroid dienone is 2. The van der Waals surface area contributed by atoms with Gasteiger partial charge >= 0.3 is 0 Å². The van der Waals surface area contributed by atoms with Gasteiger partial charge in [-0.25, -0.2) is 0 Å². The lowest BCUT2D eigenvalue weighted by Gasteiger charge is -2.08. The zero-order valence-electron chi connectivity index (χ0n) is 6.03. The predicted molar refractivity (Wildman–Crippen MR) is 45.0 cm³/mol. The van der Waals surface area contributed by atoms with Gasteiger partial charge in [-0.15, -0.1) is 0 Å². The first kappa shape index (κ1) is 7.40. The van der Waals surface area contributed by atoms with Gasteiger partial charge in [-0.1, -0.05) is 23.9 Å². The second-order valence-corrected chi connectivity index (χ2v) is 3.92. The van der Waals surface area contributed by atoms with E-state index in [2.05, 4.69) is 6.08 Å². The quantitative estimate of drug-likeness (QED) is 0.570. The Morgan fingerprint density at radius 3 is 2.73 bits per heavy atom. The van der Waals surface area contributed by atoms with E-state index >= 15 is 0 Å². The minimum absolute atomic E-state index is 0.648. The van der Waals surface area contributed by atoms with Crippen LogP contribution in [-0.2, 0) is 0 Å². The Labute approximate surface area is 69.6 Å². The molecule has 1 saturated heterocycles. The summed E-state index contributed by atoms with van der Waals surface area (Å²) in [6.45, 7) is 0. The topological polar surface area (TPSA) is 40.5 Å². The first-order valence-electron chi connectivity index (χ1n) is 3.72. The van der Waals surface area contributed by atoms with Crippen LogP contribution >= 0.6 is 11.8 Å². The molecule has 0 spiro atoms. The van der Waals surface area contributed by atoms with Gasteiger partial charge in [0.15, 0.2) is 0 Å². The van der Waals surface area contributed by atoms with Crippen LogP contribution in [0.25, 0.3) is 0 Å². The summed E-state index contributed by atoms with van der Waals surface area (Å²) in [5.41, 5.74) is 0.277. The monoisotopic (exact) mass is 170 g/mol. The van der Waals surface area contributed by atoms with Crippen molar-refractivity contribution in [3.8, 4) is 0 Å². The second kappa shape index (κ2) is 2.66. The zero-order valence-corrected chi connectivity index (χ0v) is 6.84. The Hall–Kier alpha value is -0.250. The van der Waals surface area contributed by atoms with Crippen molar-refractivity contribution in [1.82, 2.24) is 0 Å². The highest BCUT2D eigenvalue weighted by atomic mass is 32.2. The number of hydrogen-bond donors (Lipinski definition) is 2. The number of thioether (sulfide) groups is 1. The van der Waals surface area contributed by atoms with Crippen molar-refractivity contribution in [2.75, 3.05) is 0 Å². The summed E-state index contributed by atoms with van der Waals surface area (Å²) in [7, 11) is 0. The molecule has 1 heterocycles. The molecule has 0 amide bonds. The molecule has 60 valence electrons. The van der Waals surface area contributed by atoms with Crippen LogP contribution in [0.5, 0.6) is 0 Å². The molecule has 1 fully saturated rings. The number of aliphatic hydroxyl groups is 2. The lowest BCUT2D eigenvalue weighted by molar-refractivity contribution is 0.106. The Bertz CT molecular complexity index is 232. The number of aliphatic hydroxyl groups excluding tert-OH is 2. The fourth-order valence-corrected chi connectivity index (χ4v) is 2.49. The molecule has 2 unspecified atom stereocenters. The van der Waals surface area contributed by atoms with Crippen molar-refractivity contribution in [1.29, 1.82) is 0 Å². The van der Waals surface area contributed by atoms with E-state index in [0.717, 1.165) is 23.3 Å². The van der Waals surface area contributed by atoms with Crippen LogP contribution in [0.3, 0.4) is 0 Å². The third-order valence-electron chi connectivity index (χ3n) is 1.98. The maximum atomic E-state index is 9.41. The average molecular weight is 170 g/mol. The molecule has 0 saturated carbocycles. The fourth-order valence-electron chi connectivity index (χ4n) is 1.40. The van der Waals surface area contributed by atoms with Gasteiger partial charge in [0.05, 0.1) is 0 Å². The van der Waals surface area contributed by atoms with E-state index < -0.39 is 11.5 Å². The van der Waals surface area contributed by atoms with E-state index in [1.54, 1.807) is 0 Å². The maximum Gasteiger partial charge on any atom is 0.134 e. The van der Waals surface area contributed by atoms with E-state index in [9.17, 15) is 10.2 Å². The smallest absolute Gasteiger partial charge is 0.134 e. The number of rotatable bonds is 0. The minimum atomic E-state index is -0.661. The van der Waals surface area contributed by atoms with Gasteiger partial charge in [0.25, 0.3) is 0 Å². The maximum absolute atomic E-state index is 9.41. The van der Waals surface area contributed by atoms with Crippen LogP contribution < -0.4 is 0 Å². The summed E-state index contributed by atoms with van der Waals surface area (Å²) in [5.74, 6) is 0. The Morgan fingerprint density at radius 1 is 1.27 bits per heavy atom. The third kappa shape index (κ3) is 1.13. The molecule has 0 radical (unpaired) electrons. The van der Waals surface area contributed by atoms with Gasteiger partial charge in [-0.05, 0) is 18.4 Å². The summed E-state index contributed by atoms with van der Waals surface area (Å²) in [5, 5.41) is 18.7. The van der Waals surface area contributed by atoms with Crippen molar-refractivity contribution >= 4 is 11.8 Å². The molecule has 2 nitrogen and oxygen atoms in total. The molecule has 11 heavy (non-hydrogen) atoms. The number of hydrogen-bond acceptors (Lipinski definition) is 3. The molecule has 3 heteroatoms. The van der Waals surface area contributed by atoms with Gasteiger partial charge in [0.1, 0.15) is 11.5 Å². The summed E-state index contributed by atoms with van der Waals surface area (Å²) in [4.78, 5) is 1.07. The molecular weight excluding hydrogens is 160 g/mol. The van der Waals surface area contributed by atoms with E-state index in [1.165, 1.54) is 11.8 Å². The largest absolute Gasteiger partial charge is 0.385 e. The van der Waals surface area contributed by atoms with Crippen molar-refractivity contribution in [2.24, 2.45) is 0 Å². The summed E-state index contributed by atoms with van der Waals surface area (Å²) >= 11 is 1.36. The first-order chi connectivity index (χ1) is 5.29. The molecule has 0 bridgehead atoms. The molecule has 1 aliphatic heterocycles. The highest BCUT2D eigenvalue weighted by Gasteiger charge is 2.33. The molecule has 0 aromatic carbocycles. The van der Waals surface area contributed by atoms with E-state index in [0.29, 0.717) is 0 Å². The van der Waals surface area contributed by atoms with Crippen LogP contribution in [-0.4, -0.2) is 21.8 Å². The summed E-state index contributed by atoms with van der Waals surface area (Å²) in [6.07, 6.45) is 5.46. The molecule has 2 atom stereocenters. The van der Waals surface area contributed by atoms with Gasteiger partial charge in [0.2, 0.25) is 0 Å². The standard InChI is InChI=1S/C8H10O2S/c9-7-5-3-1-2-4-6(5)11-8(7)10/h3-4,7-10H,1-2H2. The van der Waals surface area contributed by atoms with Gasteiger partial charge in [-0.3, -0.25) is 0 Å².